The lowest BCUT2D eigenvalue weighted by molar-refractivity contribution is -0.134. The molecule has 1 atom stereocenters. The van der Waals surface area contributed by atoms with Gasteiger partial charge in [-0.25, -0.2) is 9.78 Å². The molecule has 2 aliphatic rings. The van der Waals surface area contributed by atoms with Gasteiger partial charge in [-0.05, 0) is 37.8 Å². The van der Waals surface area contributed by atoms with E-state index < -0.39 is 17.4 Å². The molecule has 1 aliphatic carbocycles. The molecule has 1 saturated carbocycles. The van der Waals surface area contributed by atoms with E-state index in [1.165, 1.54) is 19.9 Å². The molecular weight excluding hydrogens is 408 g/mol. The lowest BCUT2D eigenvalue weighted by Gasteiger charge is -2.44. The van der Waals surface area contributed by atoms with E-state index in [4.69, 9.17) is 4.74 Å². The van der Waals surface area contributed by atoms with Gasteiger partial charge in [-0.1, -0.05) is 43.5 Å². The van der Waals surface area contributed by atoms with Gasteiger partial charge < -0.3 is 19.5 Å². The summed E-state index contributed by atoms with van der Waals surface area (Å²) in [6.45, 7) is 4.24. The molecule has 32 heavy (non-hydrogen) atoms. The minimum absolute atomic E-state index is 0.0259. The van der Waals surface area contributed by atoms with Crippen LogP contribution in [0.4, 0.5) is 0 Å². The average molecular weight is 439 g/mol. The fourth-order valence-electron chi connectivity index (χ4n) is 4.73. The van der Waals surface area contributed by atoms with Crippen LogP contribution >= 0.6 is 0 Å². The average Bonchev–Trinajstić information content (AvgIpc) is 3.21. The van der Waals surface area contributed by atoms with Gasteiger partial charge in [0.1, 0.15) is 11.2 Å². The number of aryl methyl sites for hydroxylation is 1. The van der Waals surface area contributed by atoms with E-state index in [1.807, 2.05) is 31.2 Å². The zero-order valence-electron chi connectivity index (χ0n) is 18.9. The van der Waals surface area contributed by atoms with Crippen molar-refractivity contribution in [2.75, 3.05) is 7.11 Å². The number of imidazole rings is 1. The maximum absolute atomic E-state index is 13.7. The quantitative estimate of drug-likeness (QED) is 0.725. The molecule has 8 nitrogen and oxygen atoms in total. The number of nitrogens with zero attached hydrogens (tertiary/aromatic N) is 3. The molecular formula is C24H30N4O4. The van der Waals surface area contributed by atoms with Crippen LogP contribution in [0.15, 0.2) is 30.6 Å². The van der Waals surface area contributed by atoms with Gasteiger partial charge in [0.25, 0.3) is 5.91 Å². The normalized spacial score (nSPS) is 21.2. The highest BCUT2D eigenvalue weighted by molar-refractivity contribution is 6.06. The highest BCUT2D eigenvalue weighted by Crippen LogP contribution is 2.32. The lowest BCUT2D eigenvalue weighted by atomic mass is 9.90. The molecule has 1 fully saturated rings. The Morgan fingerprint density at radius 2 is 1.94 bits per heavy atom. The summed E-state index contributed by atoms with van der Waals surface area (Å²) in [5.41, 5.74) is 0.987. The number of amides is 2. The van der Waals surface area contributed by atoms with E-state index in [0.29, 0.717) is 0 Å². The molecule has 170 valence electrons. The van der Waals surface area contributed by atoms with E-state index in [-0.39, 0.29) is 36.4 Å². The molecule has 0 bridgehead atoms. The standard InChI is InChI=1S/C24H30N4O4/c1-16-9-7-8-10-17(16)13-28-21(29)20-19(22(30)32-3)25-15-27(20)14-24(28,2)23(31)26-18-11-5-4-6-12-18/h7-10,15,18H,4-6,11-14H2,1-3H3,(H,26,31). The summed E-state index contributed by atoms with van der Waals surface area (Å²) in [6, 6.07) is 7.91. The maximum Gasteiger partial charge on any atom is 0.359 e. The molecule has 2 amide bonds. The topological polar surface area (TPSA) is 93.5 Å². The summed E-state index contributed by atoms with van der Waals surface area (Å²) >= 11 is 0. The van der Waals surface area contributed by atoms with Crippen molar-refractivity contribution in [1.82, 2.24) is 19.8 Å². The summed E-state index contributed by atoms with van der Waals surface area (Å²) in [7, 11) is 1.26. The highest BCUT2D eigenvalue weighted by atomic mass is 16.5. The van der Waals surface area contributed by atoms with Crippen molar-refractivity contribution >= 4 is 17.8 Å². The fourth-order valence-corrected chi connectivity index (χ4v) is 4.73. The van der Waals surface area contributed by atoms with Crippen LogP contribution in [0.3, 0.4) is 0 Å². The fraction of sp³-hybridized carbons (Fsp3) is 0.500. The summed E-state index contributed by atoms with van der Waals surface area (Å²) < 4.78 is 6.42. The second-order valence-electron chi connectivity index (χ2n) is 8.96. The van der Waals surface area contributed by atoms with Crippen molar-refractivity contribution in [1.29, 1.82) is 0 Å². The van der Waals surface area contributed by atoms with E-state index in [9.17, 15) is 14.4 Å². The van der Waals surface area contributed by atoms with Crippen LogP contribution in [0.2, 0.25) is 0 Å². The van der Waals surface area contributed by atoms with Crippen molar-refractivity contribution in [3.05, 3.63) is 53.1 Å². The third-order valence-corrected chi connectivity index (χ3v) is 6.76. The van der Waals surface area contributed by atoms with Gasteiger partial charge in [-0.2, -0.15) is 0 Å². The van der Waals surface area contributed by atoms with Crippen LogP contribution in [0.1, 0.15) is 71.1 Å². The molecule has 0 radical (unpaired) electrons. The molecule has 1 N–H and O–H groups in total. The first kappa shape index (κ1) is 22.0. The predicted octanol–water partition coefficient (Wildman–Crippen LogP) is 2.84. The number of carbonyl (C=O) groups is 3. The first-order chi connectivity index (χ1) is 15.3. The van der Waals surface area contributed by atoms with Crippen molar-refractivity contribution in [2.24, 2.45) is 0 Å². The molecule has 8 heteroatoms. The van der Waals surface area contributed by atoms with Crippen LogP contribution in [0, 0.1) is 6.92 Å². The number of rotatable bonds is 5. The molecule has 1 aromatic heterocycles. The Morgan fingerprint density at radius 3 is 2.62 bits per heavy atom. The van der Waals surface area contributed by atoms with E-state index in [1.54, 1.807) is 16.4 Å². The number of esters is 1. The minimum Gasteiger partial charge on any atom is -0.464 e. The van der Waals surface area contributed by atoms with Gasteiger partial charge in [0, 0.05) is 12.6 Å². The van der Waals surface area contributed by atoms with Crippen LogP contribution in [0.5, 0.6) is 0 Å². The van der Waals surface area contributed by atoms with Crippen molar-refractivity contribution in [3.8, 4) is 0 Å². The van der Waals surface area contributed by atoms with Gasteiger partial charge in [0.2, 0.25) is 5.91 Å². The number of aromatic nitrogens is 2. The van der Waals surface area contributed by atoms with Crippen molar-refractivity contribution < 1.29 is 19.1 Å². The lowest BCUT2D eigenvalue weighted by Crippen LogP contribution is -2.64. The van der Waals surface area contributed by atoms with Gasteiger partial charge in [0.05, 0.1) is 20.0 Å². The van der Waals surface area contributed by atoms with E-state index in [2.05, 4.69) is 10.3 Å². The SMILES string of the molecule is COC(=O)c1ncn2c1C(=O)N(Cc1ccccc1C)C(C)(C(=O)NC1CCCCC1)C2. The zero-order valence-corrected chi connectivity index (χ0v) is 18.9. The molecule has 2 heterocycles. The minimum atomic E-state index is -1.13. The molecule has 4 rings (SSSR count). The number of carbonyl (C=O) groups excluding carboxylic acids is 3. The summed E-state index contributed by atoms with van der Waals surface area (Å²) in [5, 5.41) is 3.19. The number of hydrogen-bond donors (Lipinski definition) is 1. The first-order valence-electron chi connectivity index (χ1n) is 11.2. The molecule has 0 saturated heterocycles. The van der Waals surface area contributed by atoms with Crippen LogP contribution in [0.25, 0.3) is 0 Å². The number of methoxy groups -OCH3 is 1. The molecule has 1 aromatic carbocycles. The van der Waals surface area contributed by atoms with E-state index >= 15 is 0 Å². The number of ether oxygens (including phenoxy) is 1. The predicted molar refractivity (Wildman–Crippen MR) is 118 cm³/mol. The van der Waals surface area contributed by atoms with Gasteiger partial charge in [-0.15, -0.1) is 0 Å². The number of benzene rings is 1. The third-order valence-electron chi connectivity index (χ3n) is 6.76. The van der Waals surface area contributed by atoms with Gasteiger partial charge in [0.15, 0.2) is 5.69 Å². The Kier molecular flexibility index (Phi) is 6.04. The summed E-state index contributed by atoms with van der Waals surface area (Å²) in [4.78, 5) is 45.2. The van der Waals surface area contributed by atoms with Crippen molar-refractivity contribution in [3.63, 3.8) is 0 Å². The molecule has 2 aromatic rings. The highest BCUT2D eigenvalue weighted by Gasteiger charge is 2.49. The second-order valence-corrected chi connectivity index (χ2v) is 8.96. The smallest absolute Gasteiger partial charge is 0.359 e. The third kappa shape index (κ3) is 3.89. The number of hydrogen-bond acceptors (Lipinski definition) is 5. The molecule has 0 spiro atoms. The first-order valence-corrected chi connectivity index (χ1v) is 11.2. The largest absolute Gasteiger partial charge is 0.464 e. The Morgan fingerprint density at radius 1 is 1.22 bits per heavy atom. The van der Waals surface area contributed by atoms with Crippen LogP contribution < -0.4 is 5.32 Å². The summed E-state index contributed by atoms with van der Waals surface area (Å²) in [5.74, 6) is -1.25. The monoisotopic (exact) mass is 438 g/mol. The van der Waals surface area contributed by atoms with Crippen LogP contribution in [-0.2, 0) is 22.6 Å². The molecule has 1 unspecified atom stereocenters. The van der Waals surface area contributed by atoms with Gasteiger partial charge in [-0.3, -0.25) is 9.59 Å². The second kappa shape index (κ2) is 8.76. The Bertz CT molecular complexity index is 1040. The Labute approximate surface area is 187 Å². The van der Waals surface area contributed by atoms with Crippen molar-refractivity contribution in [2.45, 2.75) is 70.6 Å². The Hall–Kier alpha value is -3.16. The van der Waals surface area contributed by atoms with Crippen LogP contribution in [-0.4, -0.2) is 50.9 Å². The molecule has 1 aliphatic heterocycles. The van der Waals surface area contributed by atoms with E-state index in [0.717, 1.165) is 36.8 Å². The Balaban J connectivity index is 1.73. The summed E-state index contributed by atoms with van der Waals surface area (Å²) in [6.07, 6.45) is 6.74. The maximum atomic E-state index is 13.7. The zero-order chi connectivity index (χ0) is 22.9. The number of nitrogens with one attached hydrogen (secondary N) is 1. The number of fused-ring (bicyclic) bond motifs is 1. The van der Waals surface area contributed by atoms with Gasteiger partial charge >= 0.3 is 5.97 Å².